The van der Waals surface area contributed by atoms with Crippen molar-refractivity contribution in [3.8, 4) is 11.5 Å². The van der Waals surface area contributed by atoms with Crippen LogP contribution in [0, 0.1) is 0 Å². The smallest absolute Gasteiger partial charge is 0.399 e. The van der Waals surface area contributed by atoms with Gasteiger partial charge in [-0.25, -0.2) is 9.97 Å². The highest BCUT2D eigenvalue weighted by atomic mass is 32.2. The highest BCUT2D eigenvalue weighted by Gasteiger charge is 2.52. The normalized spacial score (nSPS) is 18.0. The summed E-state index contributed by atoms with van der Waals surface area (Å²) >= 11 is 1.57. The van der Waals surface area contributed by atoms with Gasteiger partial charge < -0.3 is 13.9 Å². The molecule has 4 rings (SSSR count). The molecule has 0 saturated carbocycles. The van der Waals surface area contributed by atoms with Crippen molar-refractivity contribution >= 4 is 35.5 Å². The van der Waals surface area contributed by atoms with E-state index in [1.165, 1.54) is 0 Å². The average molecular weight is 464 g/mol. The Morgan fingerprint density at radius 3 is 2.31 bits per heavy atom. The van der Waals surface area contributed by atoms with E-state index in [1.54, 1.807) is 29.6 Å². The third kappa shape index (κ3) is 3.90. The number of nitrogens with zero attached hydrogens (tertiary/aromatic N) is 4. The number of thioether (sulfide) groups is 1. The highest BCUT2D eigenvalue weighted by Crippen LogP contribution is 2.37. The number of fused-ring (bicyclic) bond motifs is 1. The van der Waals surface area contributed by atoms with Crippen LogP contribution in [-0.2, 0) is 22.5 Å². The molecule has 11 heteroatoms. The summed E-state index contributed by atoms with van der Waals surface area (Å²) in [6.45, 7) is 9.95. The van der Waals surface area contributed by atoms with Gasteiger partial charge in [0.05, 0.1) is 16.8 Å². The maximum Gasteiger partial charge on any atom is 0.496 e. The molecule has 1 saturated heterocycles. The van der Waals surface area contributed by atoms with Gasteiger partial charge in [0.1, 0.15) is 11.2 Å². The van der Waals surface area contributed by atoms with E-state index >= 15 is 0 Å². The predicted octanol–water partition coefficient (Wildman–Crippen LogP) is 4.46. The summed E-state index contributed by atoms with van der Waals surface area (Å²) < 4.78 is 53.2. The number of imidazole rings is 1. The number of rotatable bonds is 4. The molecule has 0 spiro atoms. The van der Waals surface area contributed by atoms with Crippen molar-refractivity contribution in [1.82, 2.24) is 19.5 Å². The highest BCUT2D eigenvalue weighted by molar-refractivity contribution is 7.99. The molecule has 170 valence electrons. The maximum atomic E-state index is 13.1. The third-order valence-electron chi connectivity index (χ3n) is 5.95. The van der Waals surface area contributed by atoms with E-state index < -0.39 is 30.1 Å². The first-order chi connectivity index (χ1) is 14.8. The molecule has 32 heavy (non-hydrogen) atoms. The van der Waals surface area contributed by atoms with Gasteiger partial charge in [0.15, 0.2) is 11.5 Å². The largest absolute Gasteiger partial charge is 0.496 e. The minimum absolute atomic E-state index is 0.168. The second kappa shape index (κ2) is 7.74. The molecule has 0 amide bonds. The maximum absolute atomic E-state index is 13.1. The molecule has 0 N–H and O–H groups in total. The van der Waals surface area contributed by atoms with Crippen molar-refractivity contribution in [2.24, 2.45) is 7.05 Å². The summed E-state index contributed by atoms with van der Waals surface area (Å²) in [6, 6.07) is 2.96. The van der Waals surface area contributed by atoms with Gasteiger partial charge in [0.25, 0.3) is 0 Å². The first-order valence-electron chi connectivity index (χ1n) is 10.2. The van der Waals surface area contributed by atoms with Gasteiger partial charge in [-0.2, -0.15) is 13.2 Å². The molecule has 4 heterocycles. The predicted molar refractivity (Wildman–Crippen MR) is 119 cm³/mol. The zero-order valence-corrected chi connectivity index (χ0v) is 19.6. The molecule has 0 atom stereocenters. The molecule has 0 bridgehead atoms. The Labute approximate surface area is 189 Å². The molecule has 1 aliphatic rings. The van der Waals surface area contributed by atoms with Crippen LogP contribution in [0.3, 0.4) is 0 Å². The van der Waals surface area contributed by atoms with Gasteiger partial charge in [0, 0.05) is 29.8 Å². The van der Waals surface area contributed by atoms with Gasteiger partial charge in [-0.1, -0.05) is 6.92 Å². The first-order valence-corrected chi connectivity index (χ1v) is 11.2. The van der Waals surface area contributed by atoms with Crippen LogP contribution in [0.5, 0.6) is 0 Å². The minimum atomic E-state index is -4.48. The van der Waals surface area contributed by atoms with Gasteiger partial charge in [-0.05, 0) is 45.6 Å². The van der Waals surface area contributed by atoms with E-state index in [1.807, 2.05) is 40.7 Å². The summed E-state index contributed by atoms with van der Waals surface area (Å²) in [7, 11) is 1.16. The van der Waals surface area contributed by atoms with Crippen molar-refractivity contribution in [1.29, 1.82) is 0 Å². The number of alkyl halides is 3. The SMILES string of the molecule is CCSc1cc(B2OC(C)(C)C(C)(C)O2)cnc1-c1nc2cc(C(F)(F)F)cnc2n1C. The average Bonchev–Trinajstić information content (AvgIpc) is 3.13. The molecular formula is C21H24BF3N4O2S. The lowest BCUT2D eigenvalue weighted by atomic mass is 9.80. The van der Waals surface area contributed by atoms with Crippen LogP contribution >= 0.6 is 11.8 Å². The number of pyridine rings is 2. The van der Waals surface area contributed by atoms with Crippen LogP contribution in [0.4, 0.5) is 13.2 Å². The van der Waals surface area contributed by atoms with Crippen molar-refractivity contribution in [3.05, 3.63) is 30.1 Å². The monoisotopic (exact) mass is 464 g/mol. The zero-order valence-electron chi connectivity index (χ0n) is 18.7. The third-order valence-corrected chi connectivity index (χ3v) is 6.86. The van der Waals surface area contributed by atoms with Crippen LogP contribution < -0.4 is 5.46 Å². The number of hydrogen-bond donors (Lipinski definition) is 0. The number of aromatic nitrogens is 4. The molecule has 1 aliphatic heterocycles. The summed E-state index contributed by atoms with van der Waals surface area (Å²) in [5.74, 6) is 1.23. The standard InChI is InChI=1S/C21H24BF3N4O2S/c1-7-32-15-9-13(22-30-19(2,3)20(4,5)31-22)11-26-16(15)18-28-14-8-12(21(23,24)25)10-27-17(14)29(18)6/h8-11H,7H2,1-6H3. The van der Waals surface area contributed by atoms with Gasteiger partial charge >= 0.3 is 13.3 Å². The number of aryl methyl sites for hydroxylation is 1. The number of hydrogen-bond acceptors (Lipinski definition) is 6. The minimum Gasteiger partial charge on any atom is -0.399 e. The first kappa shape index (κ1) is 23.1. The number of halogens is 3. The van der Waals surface area contributed by atoms with E-state index in [2.05, 4.69) is 15.0 Å². The van der Waals surface area contributed by atoms with Crippen LogP contribution in [0.2, 0.25) is 0 Å². The van der Waals surface area contributed by atoms with E-state index in [4.69, 9.17) is 9.31 Å². The molecule has 3 aromatic rings. The Bertz CT molecular complexity index is 1160. The summed E-state index contributed by atoms with van der Waals surface area (Å²) in [4.78, 5) is 13.9. The van der Waals surface area contributed by atoms with Gasteiger partial charge in [-0.3, -0.25) is 4.98 Å². The fraction of sp³-hybridized carbons (Fsp3) is 0.476. The molecule has 0 aliphatic carbocycles. The van der Waals surface area contributed by atoms with Crippen LogP contribution in [0.25, 0.3) is 22.7 Å². The quantitative estimate of drug-likeness (QED) is 0.420. The Kier molecular flexibility index (Phi) is 5.58. The molecule has 0 aromatic carbocycles. The van der Waals surface area contributed by atoms with Crippen molar-refractivity contribution < 1.29 is 22.5 Å². The van der Waals surface area contributed by atoms with Crippen LogP contribution in [0.1, 0.15) is 40.2 Å². The topological polar surface area (TPSA) is 62.1 Å². The van der Waals surface area contributed by atoms with E-state index in [-0.39, 0.29) is 5.52 Å². The second-order valence-electron chi connectivity index (χ2n) is 8.70. The van der Waals surface area contributed by atoms with E-state index in [0.717, 1.165) is 28.4 Å². The van der Waals surface area contributed by atoms with Gasteiger partial charge in [-0.15, -0.1) is 11.8 Å². The molecule has 6 nitrogen and oxygen atoms in total. The lowest BCUT2D eigenvalue weighted by Crippen LogP contribution is -2.41. The fourth-order valence-corrected chi connectivity index (χ4v) is 4.26. The van der Waals surface area contributed by atoms with E-state index in [9.17, 15) is 13.2 Å². The lowest BCUT2D eigenvalue weighted by Gasteiger charge is -2.32. The van der Waals surface area contributed by atoms with E-state index in [0.29, 0.717) is 17.2 Å². The van der Waals surface area contributed by atoms with Crippen LogP contribution in [0.15, 0.2) is 29.4 Å². The Morgan fingerprint density at radius 2 is 1.72 bits per heavy atom. The molecule has 0 unspecified atom stereocenters. The second-order valence-corrected chi connectivity index (χ2v) is 10.0. The Hall–Kier alpha value is -2.11. The summed E-state index contributed by atoms with van der Waals surface area (Å²) in [5.41, 5.74) is 0.0907. The summed E-state index contributed by atoms with van der Waals surface area (Å²) in [5, 5.41) is 0. The Morgan fingerprint density at radius 1 is 1.06 bits per heavy atom. The lowest BCUT2D eigenvalue weighted by molar-refractivity contribution is -0.137. The molecule has 1 fully saturated rings. The van der Waals surface area contributed by atoms with Crippen molar-refractivity contribution in [2.45, 2.75) is 56.9 Å². The molecule has 3 aromatic heterocycles. The molecular weight excluding hydrogens is 440 g/mol. The van der Waals surface area contributed by atoms with Crippen molar-refractivity contribution in [2.75, 3.05) is 5.75 Å². The van der Waals surface area contributed by atoms with Gasteiger partial charge in [0.2, 0.25) is 0 Å². The Balaban J connectivity index is 1.77. The fourth-order valence-electron chi connectivity index (χ4n) is 3.44. The summed E-state index contributed by atoms with van der Waals surface area (Å²) in [6.07, 6.45) is -1.99. The van der Waals surface area contributed by atoms with Crippen molar-refractivity contribution in [3.63, 3.8) is 0 Å². The van der Waals surface area contributed by atoms with Crippen LogP contribution in [-0.4, -0.2) is 43.6 Å². The zero-order chi connectivity index (χ0) is 23.5. The molecule has 0 radical (unpaired) electrons.